The maximum Gasteiger partial charge on any atom is 0.189 e. The average molecular weight is 376 g/mol. The van der Waals surface area contributed by atoms with E-state index in [0.29, 0.717) is 29.4 Å². The number of carbonyl (C=O) groups excluding carboxylic acids is 1. The molecule has 0 fully saturated rings. The Morgan fingerprint density at radius 3 is 2.54 bits per heavy atom. The van der Waals surface area contributed by atoms with Crippen LogP contribution in [-0.2, 0) is 0 Å². The molecule has 0 aliphatic carbocycles. The molecule has 0 saturated heterocycles. The van der Waals surface area contributed by atoms with E-state index in [9.17, 15) is 4.79 Å². The molecule has 144 valence electrons. The second-order valence-corrected chi connectivity index (χ2v) is 6.33. The Morgan fingerprint density at radius 1 is 1.11 bits per heavy atom. The van der Waals surface area contributed by atoms with Gasteiger partial charge in [-0.3, -0.25) is 4.79 Å². The standard InChI is InChI=1S/C23H24N2O3/c1-5-28-22-15-18(12-14-21(22)27-4)11-13-20(26)23-16(2)24-25(17(23)3)19-9-7-6-8-10-19/h6-15H,5H2,1-4H3/b13-11+. The first-order valence-corrected chi connectivity index (χ1v) is 9.20. The molecule has 0 aliphatic rings. The monoisotopic (exact) mass is 376 g/mol. The number of para-hydroxylation sites is 1. The van der Waals surface area contributed by atoms with Gasteiger partial charge < -0.3 is 9.47 Å². The summed E-state index contributed by atoms with van der Waals surface area (Å²) in [6.45, 7) is 6.23. The molecule has 0 aliphatic heterocycles. The van der Waals surface area contributed by atoms with Crippen molar-refractivity contribution in [3.05, 3.63) is 77.1 Å². The van der Waals surface area contributed by atoms with Crippen LogP contribution in [0.3, 0.4) is 0 Å². The third kappa shape index (κ3) is 3.98. The Bertz CT molecular complexity index is 1000. The quantitative estimate of drug-likeness (QED) is 0.439. The molecule has 0 atom stereocenters. The topological polar surface area (TPSA) is 53.3 Å². The van der Waals surface area contributed by atoms with E-state index in [4.69, 9.17) is 9.47 Å². The second kappa shape index (κ2) is 8.57. The average Bonchev–Trinajstić information content (AvgIpc) is 3.01. The largest absolute Gasteiger partial charge is 0.493 e. The van der Waals surface area contributed by atoms with E-state index < -0.39 is 0 Å². The number of nitrogens with zero attached hydrogens (tertiary/aromatic N) is 2. The highest BCUT2D eigenvalue weighted by Gasteiger charge is 2.17. The molecule has 0 amide bonds. The third-order valence-electron chi connectivity index (χ3n) is 4.45. The minimum Gasteiger partial charge on any atom is -0.493 e. The van der Waals surface area contributed by atoms with E-state index in [1.165, 1.54) is 0 Å². The van der Waals surface area contributed by atoms with Crippen LogP contribution in [0.2, 0.25) is 0 Å². The van der Waals surface area contributed by atoms with Gasteiger partial charge in [0.1, 0.15) is 0 Å². The molecule has 5 heteroatoms. The Morgan fingerprint density at radius 2 is 1.86 bits per heavy atom. The first-order valence-electron chi connectivity index (χ1n) is 9.20. The molecule has 0 spiro atoms. The van der Waals surface area contributed by atoms with Gasteiger partial charge in [0.05, 0.1) is 36.4 Å². The number of ether oxygens (including phenoxy) is 2. The van der Waals surface area contributed by atoms with Gasteiger partial charge in [-0.05, 0) is 56.7 Å². The first kappa shape index (κ1) is 19.4. The van der Waals surface area contributed by atoms with Crippen molar-refractivity contribution in [2.45, 2.75) is 20.8 Å². The number of rotatable bonds is 7. The smallest absolute Gasteiger partial charge is 0.189 e. The lowest BCUT2D eigenvalue weighted by molar-refractivity contribution is 0.104. The summed E-state index contributed by atoms with van der Waals surface area (Å²) in [6, 6.07) is 15.4. The molecule has 0 unspecified atom stereocenters. The van der Waals surface area contributed by atoms with Crippen molar-refractivity contribution in [1.29, 1.82) is 0 Å². The lowest BCUT2D eigenvalue weighted by Crippen LogP contribution is -2.01. The SMILES string of the molecule is CCOc1cc(/C=C/C(=O)c2c(C)nn(-c3ccccc3)c2C)ccc1OC. The summed E-state index contributed by atoms with van der Waals surface area (Å²) in [5.41, 5.74) is 3.95. The zero-order valence-corrected chi connectivity index (χ0v) is 16.6. The number of aromatic nitrogens is 2. The van der Waals surface area contributed by atoms with E-state index in [1.807, 2.05) is 69.3 Å². The van der Waals surface area contributed by atoms with Crippen LogP contribution >= 0.6 is 0 Å². The number of hydrogen-bond acceptors (Lipinski definition) is 4. The van der Waals surface area contributed by atoms with Crippen molar-refractivity contribution in [2.24, 2.45) is 0 Å². The lowest BCUT2D eigenvalue weighted by Gasteiger charge is -2.09. The third-order valence-corrected chi connectivity index (χ3v) is 4.45. The Kier molecular flexibility index (Phi) is 5.94. The molecule has 1 heterocycles. The molecule has 2 aromatic carbocycles. The van der Waals surface area contributed by atoms with Crippen LogP contribution < -0.4 is 9.47 Å². The van der Waals surface area contributed by atoms with Crippen LogP contribution in [0.1, 0.15) is 34.2 Å². The van der Waals surface area contributed by atoms with Gasteiger partial charge in [-0.1, -0.05) is 30.3 Å². The van der Waals surface area contributed by atoms with Gasteiger partial charge in [-0.25, -0.2) is 4.68 Å². The second-order valence-electron chi connectivity index (χ2n) is 6.33. The minimum atomic E-state index is -0.0778. The highest BCUT2D eigenvalue weighted by molar-refractivity contribution is 6.08. The van der Waals surface area contributed by atoms with Gasteiger partial charge in [-0.15, -0.1) is 0 Å². The van der Waals surface area contributed by atoms with Crippen LogP contribution in [0.25, 0.3) is 11.8 Å². The summed E-state index contributed by atoms with van der Waals surface area (Å²) in [5.74, 6) is 1.25. The van der Waals surface area contributed by atoms with E-state index in [0.717, 1.165) is 16.9 Å². The molecule has 0 saturated carbocycles. The van der Waals surface area contributed by atoms with E-state index in [2.05, 4.69) is 5.10 Å². The Hall–Kier alpha value is -3.34. The fourth-order valence-electron chi connectivity index (χ4n) is 3.14. The van der Waals surface area contributed by atoms with Crippen LogP contribution in [0.15, 0.2) is 54.6 Å². The summed E-state index contributed by atoms with van der Waals surface area (Å²) >= 11 is 0. The van der Waals surface area contributed by atoms with Crippen LogP contribution in [0.4, 0.5) is 0 Å². The van der Waals surface area contributed by atoms with Crippen molar-refractivity contribution in [3.8, 4) is 17.2 Å². The fraction of sp³-hybridized carbons (Fsp3) is 0.217. The summed E-state index contributed by atoms with van der Waals surface area (Å²) < 4.78 is 12.7. The number of benzene rings is 2. The molecule has 3 rings (SSSR count). The number of carbonyl (C=O) groups is 1. The predicted molar refractivity (Wildman–Crippen MR) is 111 cm³/mol. The van der Waals surface area contributed by atoms with Crippen molar-refractivity contribution in [3.63, 3.8) is 0 Å². The van der Waals surface area contributed by atoms with Gasteiger partial charge in [0.25, 0.3) is 0 Å². The van der Waals surface area contributed by atoms with Crippen LogP contribution in [-0.4, -0.2) is 29.3 Å². The molecule has 28 heavy (non-hydrogen) atoms. The lowest BCUT2D eigenvalue weighted by atomic mass is 10.1. The van der Waals surface area contributed by atoms with E-state index in [1.54, 1.807) is 23.9 Å². The highest BCUT2D eigenvalue weighted by atomic mass is 16.5. The zero-order chi connectivity index (χ0) is 20.1. The van der Waals surface area contributed by atoms with Gasteiger partial charge >= 0.3 is 0 Å². The molecule has 5 nitrogen and oxygen atoms in total. The minimum absolute atomic E-state index is 0.0778. The Labute approximate surface area is 165 Å². The maximum absolute atomic E-state index is 12.8. The Balaban J connectivity index is 1.88. The predicted octanol–water partition coefficient (Wildman–Crippen LogP) is 4.79. The van der Waals surface area contributed by atoms with Crippen LogP contribution in [0, 0.1) is 13.8 Å². The fourth-order valence-corrected chi connectivity index (χ4v) is 3.14. The number of aryl methyl sites for hydroxylation is 1. The molecule has 1 aromatic heterocycles. The number of allylic oxidation sites excluding steroid dienone is 1. The van der Waals surface area contributed by atoms with Crippen molar-refractivity contribution < 1.29 is 14.3 Å². The van der Waals surface area contributed by atoms with Gasteiger partial charge in [0, 0.05) is 0 Å². The number of ketones is 1. The zero-order valence-electron chi connectivity index (χ0n) is 16.6. The molecule has 0 bridgehead atoms. The van der Waals surface area contributed by atoms with Crippen molar-refractivity contribution in [2.75, 3.05) is 13.7 Å². The van der Waals surface area contributed by atoms with Crippen molar-refractivity contribution in [1.82, 2.24) is 9.78 Å². The summed E-state index contributed by atoms with van der Waals surface area (Å²) in [7, 11) is 1.60. The molecule has 0 N–H and O–H groups in total. The van der Waals surface area contributed by atoms with Gasteiger partial charge in [0.2, 0.25) is 0 Å². The van der Waals surface area contributed by atoms with Gasteiger partial charge in [0.15, 0.2) is 17.3 Å². The first-order chi connectivity index (χ1) is 13.5. The highest BCUT2D eigenvalue weighted by Crippen LogP contribution is 2.28. The normalized spacial score (nSPS) is 11.0. The summed E-state index contributed by atoms with van der Waals surface area (Å²) in [5, 5.41) is 4.54. The van der Waals surface area contributed by atoms with Crippen LogP contribution in [0.5, 0.6) is 11.5 Å². The number of methoxy groups -OCH3 is 1. The molecule has 3 aromatic rings. The van der Waals surface area contributed by atoms with Gasteiger partial charge in [-0.2, -0.15) is 5.10 Å². The maximum atomic E-state index is 12.8. The summed E-state index contributed by atoms with van der Waals surface area (Å²) in [6.07, 6.45) is 3.35. The molecular weight excluding hydrogens is 352 g/mol. The van der Waals surface area contributed by atoms with Crippen molar-refractivity contribution >= 4 is 11.9 Å². The van der Waals surface area contributed by atoms with E-state index >= 15 is 0 Å². The molecular formula is C23H24N2O3. The summed E-state index contributed by atoms with van der Waals surface area (Å²) in [4.78, 5) is 12.8. The number of hydrogen-bond donors (Lipinski definition) is 0. The van der Waals surface area contributed by atoms with E-state index in [-0.39, 0.29) is 5.78 Å². The molecule has 0 radical (unpaired) electrons.